The van der Waals surface area contributed by atoms with Crippen molar-refractivity contribution in [3.8, 4) is 5.75 Å². The third-order valence-corrected chi connectivity index (χ3v) is 3.93. The Morgan fingerprint density at radius 3 is 2.72 bits per heavy atom. The van der Waals surface area contributed by atoms with Gasteiger partial charge in [-0.15, -0.1) is 0 Å². The molecule has 0 N–H and O–H groups in total. The third-order valence-electron chi connectivity index (χ3n) is 3.93. The summed E-state index contributed by atoms with van der Waals surface area (Å²) < 4.78 is 13.5. The summed E-state index contributed by atoms with van der Waals surface area (Å²) in [5.41, 5.74) is 0. The molecule has 100 valence electrons. The van der Waals surface area contributed by atoms with Crippen molar-refractivity contribution < 1.29 is 9.47 Å². The molecule has 4 nitrogen and oxygen atoms in total. The molecule has 2 aliphatic rings. The summed E-state index contributed by atoms with van der Waals surface area (Å²) in [7, 11) is 0. The Kier molecular flexibility index (Phi) is 3.84. The van der Waals surface area contributed by atoms with Crippen LogP contribution in [0.1, 0.15) is 57.4 Å². The average Bonchev–Trinajstić information content (AvgIpc) is 2.89. The van der Waals surface area contributed by atoms with Crippen molar-refractivity contribution in [2.45, 2.75) is 63.7 Å². The van der Waals surface area contributed by atoms with E-state index in [1.165, 1.54) is 38.5 Å². The average molecular weight is 250 g/mol. The standard InChI is InChI=1S/C14H22N2O2/c1-2-6-12(7-3-1)16-11-13(10-15-16)18-14-8-4-5-9-17-14/h10-12,14H,1-9H2. The number of hydrogen-bond donors (Lipinski definition) is 0. The van der Waals surface area contributed by atoms with Crippen molar-refractivity contribution in [1.82, 2.24) is 9.78 Å². The smallest absolute Gasteiger partial charge is 0.199 e. The largest absolute Gasteiger partial charge is 0.462 e. The van der Waals surface area contributed by atoms with Crippen LogP contribution in [0.2, 0.25) is 0 Å². The summed E-state index contributed by atoms with van der Waals surface area (Å²) in [5, 5.41) is 4.44. The lowest BCUT2D eigenvalue weighted by Gasteiger charge is -2.23. The molecule has 1 aromatic rings. The maximum absolute atomic E-state index is 5.82. The zero-order valence-electron chi connectivity index (χ0n) is 10.9. The molecule has 1 atom stereocenters. The Balaban J connectivity index is 1.58. The minimum Gasteiger partial charge on any atom is -0.462 e. The zero-order chi connectivity index (χ0) is 12.2. The van der Waals surface area contributed by atoms with Crippen molar-refractivity contribution in [3.05, 3.63) is 12.4 Å². The molecule has 4 heteroatoms. The Hall–Kier alpha value is -1.03. The van der Waals surface area contributed by atoms with Crippen LogP contribution >= 0.6 is 0 Å². The van der Waals surface area contributed by atoms with E-state index >= 15 is 0 Å². The summed E-state index contributed by atoms with van der Waals surface area (Å²) in [4.78, 5) is 0. The molecule has 18 heavy (non-hydrogen) atoms. The molecule has 0 radical (unpaired) electrons. The van der Waals surface area contributed by atoms with Crippen molar-refractivity contribution in [2.75, 3.05) is 6.61 Å². The Morgan fingerprint density at radius 1 is 1.11 bits per heavy atom. The van der Waals surface area contributed by atoms with Crippen LogP contribution in [0.5, 0.6) is 5.75 Å². The summed E-state index contributed by atoms with van der Waals surface area (Å²) in [6, 6.07) is 0.573. The Bertz CT molecular complexity index is 366. The Morgan fingerprint density at radius 2 is 1.94 bits per heavy atom. The minimum atomic E-state index is -0.0669. The molecule has 1 aliphatic carbocycles. The molecule has 2 heterocycles. The number of rotatable bonds is 3. The van der Waals surface area contributed by atoms with Gasteiger partial charge in [-0.3, -0.25) is 4.68 Å². The number of nitrogens with zero attached hydrogens (tertiary/aromatic N) is 2. The number of aromatic nitrogens is 2. The summed E-state index contributed by atoms with van der Waals surface area (Å²) in [6.45, 7) is 0.821. The quantitative estimate of drug-likeness (QED) is 0.826. The molecule has 3 rings (SSSR count). The van der Waals surface area contributed by atoms with Crippen molar-refractivity contribution >= 4 is 0 Å². The minimum absolute atomic E-state index is 0.0669. The molecule has 1 aromatic heterocycles. The van der Waals surface area contributed by atoms with Gasteiger partial charge in [0, 0.05) is 6.42 Å². The predicted octanol–water partition coefficient (Wildman–Crippen LogP) is 3.29. The van der Waals surface area contributed by atoms with E-state index in [0.717, 1.165) is 25.2 Å². The van der Waals surface area contributed by atoms with Crippen LogP contribution in [0.15, 0.2) is 12.4 Å². The fourth-order valence-corrected chi connectivity index (χ4v) is 2.88. The second kappa shape index (κ2) is 5.74. The van der Waals surface area contributed by atoms with Gasteiger partial charge in [-0.05, 0) is 25.7 Å². The molecular weight excluding hydrogens is 228 g/mol. The first-order chi connectivity index (χ1) is 8.92. The molecule has 0 bridgehead atoms. The van der Waals surface area contributed by atoms with Crippen LogP contribution in [0.4, 0.5) is 0 Å². The highest BCUT2D eigenvalue weighted by Gasteiger charge is 2.19. The van der Waals surface area contributed by atoms with Gasteiger partial charge in [0.1, 0.15) is 0 Å². The van der Waals surface area contributed by atoms with Crippen molar-refractivity contribution in [3.63, 3.8) is 0 Å². The maximum Gasteiger partial charge on any atom is 0.199 e. The molecule has 1 aliphatic heterocycles. The van der Waals surface area contributed by atoms with Gasteiger partial charge in [0.05, 0.1) is 25.0 Å². The second-order valence-electron chi connectivity index (χ2n) is 5.36. The fourth-order valence-electron chi connectivity index (χ4n) is 2.88. The van der Waals surface area contributed by atoms with Crippen LogP contribution < -0.4 is 4.74 Å². The highest BCUT2D eigenvalue weighted by atomic mass is 16.7. The highest BCUT2D eigenvalue weighted by Crippen LogP contribution is 2.29. The van der Waals surface area contributed by atoms with Gasteiger partial charge in [-0.1, -0.05) is 19.3 Å². The molecular formula is C14H22N2O2. The lowest BCUT2D eigenvalue weighted by atomic mass is 9.96. The molecule has 0 spiro atoms. The van der Waals surface area contributed by atoms with Crippen LogP contribution in [-0.4, -0.2) is 22.7 Å². The summed E-state index contributed by atoms with van der Waals surface area (Å²) in [5.74, 6) is 0.854. The first-order valence-corrected chi connectivity index (χ1v) is 7.24. The van der Waals surface area contributed by atoms with Crippen LogP contribution in [-0.2, 0) is 4.74 Å². The van der Waals surface area contributed by atoms with Gasteiger partial charge in [0.25, 0.3) is 0 Å². The van der Waals surface area contributed by atoms with Crippen LogP contribution in [0.25, 0.3) is 0 Å². The van der Waals surface area contributed by atoms with Crippen molar-refractivity contribution in [2.24, 2.45) is 0 Å². The zero-order valence-corrected chi connectivity index (χ0v) is 10.9. The molecule has 1 saturated carbocycles. The van der Waals surface area contributed by atoms with E-state index in [2.05, 4.69) is 9.78 Å². The number of ether oxygens (including phenoxy) is 2. The van der Waals surface area contributed by atoms with Gasteiger partial charge in [0.2, 0.25) is 0 Å². The fraction of sp³-hybridized carbons (Fsp3) is 0.786. The lowest BCUT2D eigenvalue weighted by molar-refractivity contribution is -0.105. The van der Waals surface area contributed by atoms with Crippen LogP contribution in [0.3, 0.4) is 0 Å². The molecule has 2 fully saturated rings. The monoisotopic (exact) mass is 250 g/mol. The van der Waals surface area contributed by atoms with Gasteiger partial charge in [0.15, 0.2) is 12.0 Å². The normalized spacial score (nSPS) is 26.1. The van der Waals surface area contributed by atoms with E-state index in [-0.39, 0.29) is 6.29 Å². The van der Waals surface area contributed by atoms with E-state index in [0.29, 0.717) is 6.04 Å². The van der Waals surface area contributed by atoms with E-state index in [9.17, 15) is 0 Å². The summed E-state index contributed by atoms with van der Waals surface area (Å²) >= 11 is 0. The molecule has 1 unspecified atom stereocenters. The second-order valence-corrected chi connectivity index (χ2v) is 5.36. The van der Waals surface area contributed by atoms with Gasteiger partial charge < -0.3 is 9.47 Å². The SMILES string of the molecule is c1nn(C2CCCCC2)cc1OC1CCCCO1. The van der Waals surface area contributed by atoms with E-state index in [4.69, 9.17) is 9.47 Å². The topological polar surface area (TPSA) is 36.3 Å². The third kappa shape index (κ3) is 2.86. The van der Waals surface area contributed by atoms with Gasteiger partial charge in [-0.2, -0.15) is 5.10 Å². The highest BCUT2D eigenvalue weighted by molar-refractivity contribution is 5.12. The van der Waals surface area contributed by atoms with Crippen molar-refractivity contribution in [1.29, 1.82) is 0 Å². The first kappa shape index (κ1) is 12.0. The van der Waals surface area contributed by atoms with Crippen LogP contribution in [0, 0.1) is 0 Å². The maximum atomic E-state index is 5.82. The molecule has 0 aromatic carbocycles. The van der Waals surface area contributed by atoms with E-state index in [1.807, 2.05) is 12.4 Å². The van der Waals surface area contributed by atoms with E-state index < -0.39 is 0 Å². The lowest BCUT2D eigenvalue weighted by Crippen LogP contribution is -2.24. The van der Waals surface area contributed by atoms with E-state index in [1.54, 1.807) is 0 Å². The molecule has 0 amide bonds. The first-order valence-electron chi connectivity index (χ1n) is 7.24. The van der Waals surface area contributed by atoms with Gasteiger partial charge in [-0.25, -0.2) is 0 Å². The summed E-state index contributed by atoms with van der Waals surface area (Å²) in [6.07, 6.45) is 13.7. The Labute approximate surface area is 108 Å². The number of hydrogen-bond acceptors (Lipinski definition) is 3. The molecule has 1 saturated heterocycles. The van der Waals surface area contributed by atoms with Gasteiger partial charge >= 0.3 is 0 Å². The predicted molar refractivity (Wildman–Crippen MR) is 68.6 cm³/mol.